The van der Waals surface area contributed by atoms with Crippen molar-refractivity contribution in [1.29, 1.82) is 0 Å². The fraction of sp³-hybridized carbons (Fsp3) is 0.562. The summed E-state index contributed by atoms with van der Waals surface area (Å²) < 4.78 is 7.01. The minimum atomic E-state index is -0.372. The highest BCUT2D eigenvalue weighted by molar-refractivity contribution is 7.15. The van der Waals surface area contributed by atoms with Gasteiger partial charge in [-0.1, -0.05) is 11.3 Å². The predicted octanol–water partition coefficient (Wildman–Crippen LogP) is 0.667. The van der Waals surface area contributed by atoms with E-state index in [1.165, 1.54) is 16.2 Å². The average molecular weight is 378 g/mol. The largest absolute Gasteiger partial charge is 0.377 e. The molecule has 3 rings (SSSR count). The lowest BCUT2D eigenvalue weighted by Gasteiger charge is -2.13. The van der Waals surface area contributed by atoms with Crippen molar-refractivity contribution in [2.24, 2.45) is 5.92 Å². The highest BCUT2D eigenvalue weighted by atomic mass is 32.1. The quantitative estimate of drug-likeness (QED) is 0.760. The molecule has 1 aliphatic rings. The van der Waals surface area contributed by atoms with Gasteiger partial charge >= 0.3 is 0 Å². The van der Waals surface area contributed by atoms with Gasteiger partial charge in [0.1, 0.15) is 11.6 Å². The lowest BCUT2D eigenvalue weighted by atomic mass is 10.1. The van der Waals surface area contributed by atoms with Crippen LogP contribution in [0.4, 0.5) is 5.13 Å². The molecule has 2 amide bonds. The number of anilines is 1. The molecule has 2 aromatic rings. The van der Waals surface area contributed by atoms with Crippen LogP contribution in [0.3, 0.4) is 0 Å². The summed E-state index contributed by atoms with van der Waals surface area (Å²) in [5.41, 5.74) is 2.07. The van der Waals surface area contributed by atoms with E-state index in [-0.39, 0.29) is 24.2 Å². The second-order valence-electron chi connectivity index (χ2n) is 6.22. The van der Waals surface area contributed by atoms with Gasteiger partial charge < -0.3 is 14.6 Å². The zero-order chi connectivity index (χ0) is 18.7. The van der Waals surface area contributed by atoms with E-state index in [1.807, 2.05) is 18.4 Å². The molecule has 0 radical (unpaired) electrons. The number of imidazole rings is 1. The number of methoxy groups -OCH3 is 1. The Balaban J connectivity index is 1.52. The second kappa shape index (κ2) is 7.92. The molecule has 9 nitrogen and oxygen atoms in total. The topological polar surface area (TPSA) is 102 Å². The number of nitrogens with zero attached hydrogens (tertiary/aromatic N) is 5. The molecule has 1 atom stereocenters. The summed E-state index contributed by atoms with van der Waals surface area (Å²) in [7, 11) is 1.58. The van der Waals surface area contributed by atoms with Crippen LogP contribution in [0.1, 0.15) is 22.8 Å². The van der Waals surface area contributed by atoms with Crippen molar-refractivity contribution in [1.82, 2.24) is 25.1 Å². The van der Waals surface area contributed by atoms with Gasteiger partial charge in [0.05, 0.1) is 17.9 Å². The molecule has 10 heteroatoms. The molecule has 1 unspecified atom stereocenters. The summed E-state index contributed by atoms with van der Waals surface area (Å²) in [5.74, 6) is -0.591. The maximum atomic E-state index is 12.4. The zero-order valence-electron chi connectivity index (χ0n) is 15.1. The molecule has 1 saturated heterocycles. The van der Waals surface area contributed by atoms with E-state index in [4.69, 9.17) is 4.74 Å². The summed E-state index contributed by atoms with van der Waals surface area (Å²) in [6.45, 7) is 5.79. The normalized spacial score (nSPS) is 17.1. The van der Waals surface area contributed by atoms with E-state index in [9.17, 15) is 9.59 Å². The van der Waals surface area contributed by atoms with Crippen LogP contribution in [0.5, 0.6) is 0 Å². The lowest BCUT2D eigenvalue weighted by molar-refractivity contribution is -0.126. The van der Waals surface area contributed by atoms with Crippen molar-refractivity contribution in [2.75, 3.05) is 25.1 Å². The average Bonchev–Trinajstić information content (AvgIpc) is 3.30. The molecule has 0 spiro atoms. The summed E-state index contributed by atoms with van der Waals surface area (Å²) in [6, 6.07) is 0. The Labute approximate surface area is 155 Å². The van der Waals surface area contributed by atoms with Crippen LogP contribution >= 0.6 is 11.3 Å². The van der Waals surface area contributed by atoms with E-state index < -0.39 is 0 Å². The Bertz CT molecular complexity index is 802. The van der Waals surface area contributed by atoms with Gasteiger partial charge in [-0.05, 0) is 13.8 Å². The number of rotatable bonds is 7. The number of hydrogen-bond acceptors (Lipinski definition) is 7. The molecule has 1 aliphatic heterocycles. The van der Waals surface area contributed by atoms with Gasteiger partial charge in [-0.15, -0.1) is 10.2 Å². The number of hydrogen-bond donors (Lipinski definition) is 1. The number of nitrogens with one attached hydrogen (secondary N) is 1. The van der Waals surface area contributed by atoms with E-state index in [0.717, 1.165) is 11.4 Å². The number of carbonyl (C=O) groups excluding carboxylic acids is 2. The van der Waals surface area contributed by atoms with Crippen LogP contribution in [-0.2, 0) is 27.5 Å². The molecule has 0 aromatic carbocycles. The first-order valence-electron chi connectivity index (χ1n) is 8.37. The smallest absolute Gasteiger partial charge is 0.229 e. The van der Waals surface area contributed by atoms with E-state index in [1.54, 1.807) is 13.4 Å². The van der Waals surface area contributed by atoms with Crippen molar-refractivity contribution in [3.8, 4) is 0 Å². The van der Waals surface area contributed by atoms with Crippen molar-refractivity contribution in [3.05, 3.63) is 22.7 Å². The van der Waals surface area contributed by atoms with Gasteiger partial charge in [-0.25, -0.2) is 4.98 Å². The molecular weight excluding hydrogens is 356 g/mol. The van der Waals surface area contributed by atoms with E-state index in [2.05, 4.69) is 20.5 Å². The standard InChI is InChI=1S/C16H22N6O3S/c1-10-11(2)21(9-18-10)5-4-17-15(24)12-6-14(23)22(7-12)16-20-19-13(26-16)8-25-3/h9,12H,4-8H2,1-3H3,(H,17,24). The van der Waals surface area contributed by atoms with Gasteiger partial charge in [0, 0.05) is 38.9 Å². The van der Waals surface area contributed by atoms with Gasteiger partial charge in [-0.3, -0.25) is 14.5 Å². The molecule has 1 N–H and O–H groups in total. The molecule has 1 fully saturated rings. The molecular formula is C16H22N6O3S. The monoisotopic (exact) mass is 378 g/mol. The molecule has 0 bridgehead atoms. The highest BCUT2D eigenvalue weighted by Gasteiger charge is 2.36. The molecule has 2 aromatic heterocycles. The van der Waals surface area contributed by atoms with E-state index in [0.29, 0.717) is 36.4 Å². The summed E-state index contributed by atoms with van der Waals surface area (Å²) in [6.07, 6.45) is 1.96. The van der Waals surface area contributed by atoms with Crippen LogP contribution in [0.15, 0.2) is 6.33 Å². The Kier molecular flexibility index (Phi) is 5.62. The minimum absolute atomic E-state index is 0.105. The Morgan fingerprint density at radius 3 is 2.92 bits per heavy atom. The second-order valence-corrected chi connectivity index (χ2v) is 7.26. The Morgan fingerprint density at radius 2 is 2.23 bits per heavy atom. The Hall–Kier alpha value is -2.33. The van der Waals surface area contributed by atoms with Gasteiger partial charge in [0.25, 0.3) is 0 Å². The first kappa shape index (κ1) is 18.5. The number of amides is 2. The maximum Gasteiger partial charge on any atom is 0.229 e. The molecule has 0 aliphatic carbocycles. The Morgan fingerprint density at radius 1 is 1.42 bits per heavy atom. The third-order valence-corrected chi connectivity index (χ3v) is 5.37. The first-order valence-corrected chi connectivity index (χ1v) is 9.19. The lowest BCUT2D eigenvalue weighted by Crippen LogP contribution is -2.34. The summed E-state index contributed by atoms with van der Waals surface area (Å²) in [5, 5.41) is 12.1. The molecule has 140 valence electrons. The van der Waals surface area contributed by atoms with Crippen LogP contribution in [0, 0.1) is 19.8 Å². The third-order valence-electron chi connectivity index (χ3n) is 4.45. The van der Waals surface area contributed by atoms with Crippen LogP contribution in [0.25, 0.3) is 0 Å². The molecule has 0 saturated carbocycles. The third kappa shape index (κ3) is 3.91. The number of aryl methyl sites for hydroxylation is 1. The van der Waals surface area contributed by atoms with Crippen LogP contribution in [-0.4, -0.2) is 51.8 Å². The summed E-state index contributed by atoms with van der Waals surface area (Å²) >= 11 is 1.31. The molecule has 3 heterocycles. The van der Waals surface area contributed by atoms with Gasteiger partial charge in [-0.2, -0.15) is 0 Å². The van der Waals surface area contributed by atoms with Crippen molar-refractivity contribution in [2.45, 2.75) is 33.4 Å². The van der Waals surface area contributed by atoms with Crippen molar-refractivity contribution >= 4 is 28.3 Å². The minimum Gasteiger partial charge on any atom is -0.377 e. The highest BCUT2D eigenvalue weighted by Crippen LogP contribution is 2.28. The predicted molar refractivity (Wildman–Crippen MR) is 95.8 cm³/mol. The van der Waals surface area contributed by atoms with Crippen LogP contribution < -0.4 is 10.2 Å². The SMILES string of the molecule is COCc1nnc(N2CC(C(=O)NCCn3cnc(C)c3C)CC2=O)s1. The summed E-state index contributed by atoms with van der Waals surface area (Å²) in [4.78, 5) is 30.4. The van der Waals surface area contributed by atoms with Gasteiger partial charge in [0.15, 0.2) is 0 Å². The number of carbonyl (C=O) groups is 2. The first-order chi connectivity index (χ1) is 12.5. The maximum absolute atomic E-state index is 12.4. The van der Waals surface area contributed by atoms with Gasteiger partial charge in [0.2, 0.25) is 16.9 Å². The number of ether oxygens (including phenoxy) is 1. The fourth-order valence-electron chi connectivity index (χ4n) is 2.82. The van der Waals surface area contributed by atoms with Crippen molar-refractivity contribution < 1.29 is 14.3 Å². The molecule has 26 heavy (non-hydrogen) atoms. The van der Waals surface area contributed by atoms with Crippen molar-refractivity contribution in [3.63, 3.8) is 0 Å². The van der Waals surface area contributed by atoms with E-state index >= 15 is 0 Å². The van der Waals surface area contributed by atoms with Crippen LogP contribution in [0.2, 0.25) is 0 Å². The number of aromatic nitrogens is 4. The fourth-order valence-corrected chi connectivity index (χ4v) is 3.65. The zero-order valence-corrected chi connectivity index (χ0v) is 15.9.